The van der Waals surface area contributed by atoms with Crippen LogP contribution < -0.4 is 10.2 Å². The molecule has 0 aliphatic rings. The minimum Gasteiger partial charge on any atom is -0.386 e. The monoisotopic (exact) mass is 280 g/mol. The van der Waals surface area contributed by atoms with Crippen molar-refractivity contribution in [2.45, 2.75) is 0 Å². The van der Waals surface area contributed by atoms with Crippen LogP contribution >= 0.6 is 11.6 Å². The number of hydrogen-bond acceptors (Lipinski definition) is 4. The molecule has 5 nitrogen and oxygen atoms in total. The van der Waals surface area contributed by atoms with Crippen molar-refractivity contribution in [3.05, 3.63) is 41.6 Å². The van der Waals surface area contributed by atoms with Crippen LogP contribution in [0.25, 0.3) is 0 Å². The van der Waals surface area contributed by atoms with E-state index in [-0.39, 0.29) is 5.28 Å². The van der Waals surface area contributed by atoms with Gasteiger partial charge in [-0.15, -0.1) is 0 Å². The molecule has 0 radical (unpaired) electrons. The van der Waals surface area contributed by atoms with E-state index in [0.717, 1.165) is 0 Å². The largest absolute Gasteiger partial charge is 0.386 e. The van der Waals surface area contributed by atoms with Crippen molar-refractivity contribution in [2.75, 3.05) is 17.3 Å². The van der Waals surface area contributed by atoms with Crippen LogP contribution in [-0.4, -0.2) is 23.4 Å². The highest BCUT2D eigenvalue weighted by molar-refractivity contribution is 6.28. The van der Waals surface area contributed by atoms with Crippen LogP contribution in [0.3, 0.4) is 0 Å². The van der Waals surface area contributed by atoms with Crippen molar-refractivity contribution in [1.82, 2.24) is 9.97 Å². The number of nitrogens with one attached hydrogen (secondary N) is 1. The molecule has 7 heteroatoms. The molecule has 0 bridgehead atoms. The Hall–Kier alpha value is -2.21. The maximum atomic E-state index is 13.2. The fourth-order valence-corrected chi connectivity index (χ4v) is 1.76. The van der Waals surface area contributed by atoms with Crippen LogP contribution in [0, 0.1) is 5.82 Å². The molecule has 0 atom stereocenters. The molecule has 98 valence electrons. The number of hydrogen-bond donors (Lipinski definition) is 1. The summed E-state index contributed by atoms with van der Waals surface area (Å²) in [6.07, 6.45) is 2.01. The molecule has 1 heterocycles. The first kappa shape index (κ1) is 13.2. The fourth-order valence-electron chi connectivity index (χ4n) is 1.61. The van der Waals surface area contributed by atoms with E-state index < -0.39 is 5.82 Å². The van der Waals surface area contributed by atoms with Crippen molar-refractivity contribution < 1.29 is 9.18 Å². The molecule has 0 unspecified atom stereocenters. The van der Waals surface area contributed by atoms with Crippen LogP contribution in [0.1, 0.15) is 0 Å². The quantitative estimate of drug-likeness (QED) is 0.691. The lowest BCUT2D eigenvalue weighted by Gasteiger charge is -2.19. The summed E-state index contributed by atoms with van der Waals surface area (Å²) in [7, 11) is 1.63. The number of benzene rings is 1. The molecule has 1 aromatic carbocycles. The normalized spacial score (nSPS) is 10.1. The zero-order chi connectivity index (χ0) is 13.8. The molecule has 1 amide bonds. The zero-order valence-electron chi connectivity index (χ0n) is 9.97. The van der Waals surface area contributed by atoms with Gasteiger partial charge in [0.15, 0.2) is 0 Å². The fraction of sp³-hybridized carbons (Fsp3) is 0.0833. The SMILES string of the molecule is CNc1cc(F)ccc1N(C=O)c1ccnc(Cl)n1. The van der Waals surface area contributed by atoms with E-state index in [2.05, 4.69) is 15.3 Å². The van der Waals surface area contributed by atoms with E-state index in [1.165, 1.54) is 35.4 Å². The molecule has 0 aliphatic heterocycles. The van der Waals surface area contributed by atoms with Crippen LogP contribution in [0.4, 0.5) is 21.6 Å². The van der Waals surface area contributed by atoms with Crippen molar-refractivity contribution in [1.29, 1.82) is 0 Å². The highest BCUT2D eigenvalue weighted by Gasteiger charge is 2.14. The van der Waals surface area contributed by atoms with E-state index in [9.17, 15) is 9.18 Å². The Bertz CT molecular complexity index is 608. The third-order valence-electron chi connectivity index (χ3n) is 2.45. The maximum Gasteiger partial charge on any atom is 0.224 e. The van der Waals surface area contributed by atoms with Gasteiger partial charge < -0.3 is 5.32 Å². The average molecular weight is 281 g/mol. The van der Waals surface area contributed by atoms with Gasteiger partial charge in [-0.25, -0.2) is 9.37 Å². The molecule has 0 spiro atoms. The third kappa shape index (κ3) is 2.79. The van der Waals surface area contributed by atoms with Gasteiger partial charge in [0.25, 0.3) is 0 Å². The average Bonchev–Trinajstić information content (AvgIpc) is 2.41. The van der Waals surface area contributed by atoms with Gasteiger partial charge in [-0.1, -0.05) is 0 Å². The Morgan fingerprint density at radius 1 is 1.42 bits per heavy atom. The van der Waals surface area contributed by atoms with Crippen molar-refractivity contribution in [3.8, 4) is 0 Å². The van der Waals surface area contributed by atoms with E-state index in [1.54, 1.807) is 7.05 Å². The molecule has 0 saturated heterocycles. The standard InChI is InChI=1S/C12H10ClFN4O/c1-15-9-6-8(14)2-3-10(9)18(7-19)11-4-5-16-12(13)17-11/h2-7,15H,1H3. The molecule has 0 aliphatic carbocycles. The summed E-state index contributed by atoms with van der Waals surface area (Å²) in [5.41, 5.74) is 0.926. The molecule has 0 fully saturated rings. The predicted octanol–water partition coefficient (Wildman–Crippen LogP) is 2.61. The molecule has 1 aromatic heterocycles. The topological polar surface area (TPSA) is 58.1 Å². The highest BCUT2D eigenvalue weighted by Crippen LogP contribution is 2.30. The lowest BCUT2D eigenvalue weighted by atomic mass is 10.2. The minimum atomic E-state index is -0.403. The van der Waals surface area contributed by atoms with Gasteiger partial charge in [-0.2, -0.15) is 4.98 Å². The van der Waals surface area contributed by atoms with E-state index in [4.69, 9.17) is 11.6 Å². The van der Waals surface area contributed by atoms with Crippen LogP contribution in [0.2, 0.25) is 5.28 Å². The Labute approximate surface area is 114 Å². The van der Waals surface area contributed by atoms with Crippen molar-refractivity contribution >= 4 is 35.2 Å². The van der Waals surface area contributed by atoms with E-state index in [0.29, 0.717) is 23.6 Å². The maximum absolute atomic E-state index is 13.2. The molecule has 2 rings (SSSR count). The Kier molecular flexibility index (Phi) is 3.91. The van der Waals surface area contributed by atoms with Crippen molar-refractivity contribution in [2.24, 2.45) is 0 Å². The molecular weight excluding hydrogens is 271 g/mol. The summed E-state index contributed by atoms with van der Waals surface area (Å²) in [6.45, 7) is 0. The van der Waals surface area contributed by atoms with Crippen LogP contribution in [0.5, 0.6) is 0 Å². The minimum absolute atomic E-state index is 0.0254. The summed E-state index contributed by atoms with van der Waals surface area (Å²) < 4.78 is 13.2. The number of rotatable bonds is 4. The number of carbonyl (C=O) groups excluding carboxylic acids is 1. The van der Waals surface area contributed by atoms with Crippen molar-refractivity contribution in [3.63, 3.8) is 0 Å². The first-order valence-electron chi connectivity index (χ1n) is 5.36. The second kappa shape index (κ2) is 5.62. The van der Waals surface area contributed by atoms with Gasteiger partial charge in [0.05, 0.1) is 11.4 Å². The highest BCUT2D eigenvalue weighted by atomic mass is 35.5. The number of nitrogens with zero attached hydrogens (tertiary/aromatic N) is 3. The summed E-state index contributed by atoms with van der Waals surface area (Å²) in [5, 5.41) is 2.84. The number of halogens is 2. The van der Waals surface area contributed by atoms with Gasteiger partial charge in [0.2, 0.25) is 11.7 Å². The summed E-state index contributed by atoms with van der Waals surface area (Å²) in [4.78, 5) is 20.2. The molecule has 1 N–H and O–H groups in total. The van der Waals surface area contributed by atoms with Gasteiger partial charge >= 0.3 is 0 Å². The third-order valence-corrected chi connectivity index (χ3v) is 2.63. The Morgan fingerprint density at radius 2 is 2.21 bits per heavy atom. The first-order chi connectivity index (χ1) is 9.15. The van der Waals surface area contributed by atoms with Gasteiger partial charge in [0, 0.05) is 13.2 Å². The molecular formula is C12H10ClFN4O. The number of carbonyl (C=O) groups is 1. The predicted molar refractivity (Wildman–Crippen MR) is 71.2 cm³/mol. The van der Waals surface area contributed by atoms with Gasteiger partial charge in [0.1, 0.15) is 11.6 Å². The molecule has 2 aromatic rings. The van der Waals surface area contributed by atoms with Crippen LogP contribution in [-0.2, 0) is 4.79 Å². The van der Waals surface area contributed by atoms with Crippen LogP contribution in [0.15, 0.2) is 30.5 Å². The number of anilines is 3. The zero-order valence-corrected chi connectivity index (χ0v) is 10.7. The lowest BCUT2D eigenvalue weighted by molar-refractivity contribution is -0.106. The van der Waals surface area contributed by atoms with Gasteiger partial charge in [-0.3, -0.25) is 9.69 Å². The second-order valence-electron chi connectivity index (χ2n) is 3.57. The lowest BCUT2D eigenvalue weighted by Crippen LogP contribution is -2.17. The first-order valence-corrected chi connectivity index (χ1v) is 5.74. The second-order valence-corrected chi connectivity index (χ2v) is 3.91. The summed E-state index contributed by atoms with van der Waals surface area (Å²) in [6, 6.07) is 5.55. The Balaban J connectivity index is 2.51. The van der Waals surface area contributed by atoms with E-state index in [1.807, 2.05) is 0 Å². The molecule has 0 saturated carbocycles. The number of aromatic nitrogens is 2. The number of amides is 1. The smallest absolute Gasteiger partial charge is 0.224 e. The van der Waals surface area contributed by atoms with E-state index >= 15 is 0 Å². The summed E-state index contributed by atoms with van der Waals surface area (Å²) >= 11 is 5.69. The molecule has 19 heavy (non-hydrogen) atoms. The Morgan fingerprint density at radius 3 is 2.84 bits per heavy atom. The summed E-state index contributed by atoms with van der Waals surface area (Å²) in [5.74, 6) is -0.0993. The van der Waals surface area contributed by atoms with Gasteiger partial charge in [-0.05, 0) is 35.9 Å².